The Bertz CT molecular complexity index is 438. The predicted molar refractivity (Wildman–Crippen MR) is 76.4 cm³/mol. The number of cyclic esters (lactones) is 1. The lowest BCUT2D eigenvalue weighted by Crippen LogP contribution is -2.59. The Labute approximate surface area is 125 Å². The zero-order valence-electron chi connectivity index (χ0n) is 11.6. The summed E-state index contributed by atoms with van der Waals surface area (Å²) in [7, 11) is 1.31. The van der Waals surface area contributed by atoms with E-state index < -0.39 is 23.9 Å². The molecule has 0 N–H and O–H groups in total. The zero-order chi connectivity index (χ0) is 14.9. The van der Waals surface area contributed by atoms with Crippen molar-refractivity contribution in [2.45, 2.75) is 10.5 Å². The van der Waals surface area contributed by atoms with Crippen molar-refractivity contribution in [2.75, 3.05) is 32.8 Å². The van der Waals surface area contributed by atoms with E-state index in [1.54, 1.807) is 23.5 Å². The van der Waals surface area contributed by atoms with Crippen LogP contribution in [0.15, 0.2) is 0 Å². The van der Waals surface area contributed by atoms with Crippen molar-refractivity contribution in [2.24, 2.45) is 11.8 Å². The zero-order valence-corrected chi connectivity index (χ0v) is 13.2. The van der Waals surface area contributed by atoms with E-state index in [2.05, 4.69) is 0 Å². The van der Waals surface area contributed by atoms with Gasteiger partial charge in [0.25, 0.3) is 0 Å². The molecule has 2 atom stereocenters. The van der Waals surface area contributed by atoms with Crippen LogP contribution in [0.3, 0.4) is 0 Å². The molecule has 2 aliphatic rings. The number of imide groups is 1. The lowest BCUT2D eigenvalue weighted by atomic mass is 9.71. The first-order valence-electron chi connectivity index (χ1n) is 6.17. The molecule has 2 fully saturated rings. The molecule has 0 aromatic rings. The molecular weight excluding hydrogens is 302 g/mol. The van der Waals surface area contributed by atoms with Crippen LogP contribution in [-0.2, 0) is 19.1 Å². The third kappa shape index (κ3) is 2.28. The summed E-state index contributed by atoms with van der Waals surface area (Å²) in [6, 6.07) is 0. The Hall–Kier alpha value is -0.890. The van der Waals surface area contributed by atoms with Crippen LogP contribution in [0.4, 0.5) is 4.79 Å². The van der Waals surface area contributed by atoms with Gasteiger partial charge in [0.05, 0.1) is 29.6 Å². The molecule has 20 heavy (non-hydrogen) atoms. The summed E-state index contributed by atoms with van der Waals surface area (Å²) in [5.41, 5.74) is 0. The molecule has 2 rings (SSSR count). The third-order valence-corrected chi connectivity index (χ3v) is 7.09. The quantitative estimate of drug-likeness (QED) is 0.569. The maximum atomic E-state index is 12.6. The van der Waals surface area contributed by atoms with Gasteiger partial charge in [-0.05, 0) is 18.9 Å². The monoisotopic (exact) mass is 319 g/mol. The minimum Gasteiger partial charge on any atom is -0.469 e. The second-order valence-electron chi connectivity index (χ2n) is 4.64. The van der Waals surface area contributed by atoms with Gasteiger partial charge in [0.15, 0.2) is 0 Å². The fraction of sp³-hybridized carbons (Fsp3) is 0.750. The second kappa shape index (κ2) is 5.85. The third-order valence-electron chi connectivity index (χ3n) is 3.87. The number of esters is 1. The number of methoxy groups -OCH3 is 1. The van der Waals surface area contributed by atoms with Crippen LogP contribution in [-0.4, -0.2) is 59.7 Å². The van der Waals surface area contributed by atoms with E-state index in [4.69, 9.17) is 9.47 Å². The van der Waals surface area contributed by atoms with Gasteiger partial charge in [-0.3, -0.25) is 9.59 Å². The fourth-order valence-corrected chi connectivity index (χ4v) is 5.09. The molecule has 6 nitrogen and oxygen atoms in total. The topological polar surface area (TPSA) is 72.9 Å². The van der Waals surface area contributed by atoms with Crippen LogP contribution >= 0.6 is 23.5 Å². The van der Waals surface area contributed by atoms with E-state index >= 15 is 0 Å². The summed E-state index contributed by atoms with van der Waals surface area (Å²) in [6.07, 6.45) is 3.77. The number of amides is 2. The van der Waals surface area contributed by atoms with Crippen molar-refractivity contribution < 1.29 is 23.9 Å². The molecule has 2 amide bonds. The molecule has 1 saturated carbocycles. The molecule has 0 unspecified atom stereocenters. The molecular formula is C12H17NO5S2. The summed E-state index contributed by atoms with van der Waals surface area (Å²) >= 11 is 3.09. The van der Waals surface area contributed by atoms with Crippen molar-refractivity contribution in [1.82, 2.24) is 4.90 Å². The van der Waals surface area contributed by atoms with Gasteiger partial charge in [-0.2, -0.15) is 0 Å². The molecule has 0 bridgehead atoms. The Kier molecular flexibility index (Phi) is 4.53. The van der Waals surface area contributed by atoms with Gasteiger partial charge in [0.1, 0.15) is 6.61 Å². The fourth-order valence-electron chi connectivity index (χ4n) is 2.69. The van der Waals surface area contributed by atoms with E-state index in [0.29, 0.717) is 6.42 Å². The van der Waals surface area contributed by atoms with E-state index in [1.807, 2.05) is 12.5 Å². The lowest BCUT2D eigenvalue weighted by Gasteiger charge is -2.51. The highest BCUT2D eigenvalue weighted by Crippen LogP contribution is 2.59. The van der Waals surface area contributed by atoms with Crippen molar-refractivity contribution in [3.05, 3.63) is 0 Å². The summed E-state index contributed by atoms with van der Waals surface area (Å²) in [5.74, 6) is -1.76. The maximum absolute atomic E-state index is 12.6. The largest absolute Gasteiger partial charge is 0.469 e. The molecule has 112 valence electrons. The first-order valence-corrected chi connectivity index (χ1v) is 8.62. The van der Waals surface area contributed by atoms with Gasteiger partial charge in [-0.15, -0.1) is 23.5 Å². The number of hydrogen-bond donors (Lipinski definition) is 0. The highest BCUT2D eigenvalue weighted by molar-refractivity contribution is 8.17. The second-order valence-corrected chi connectivity index (χ2v) is 7.17. The minimum absolute atomic E-state index is 0.214. The van der Waals surface area contributed by atoms with Gasteiger partial charge >= 0.3 is 12.1 Å². The molecule has 0 aromatic heterocycles. The smallest absolute Gasteiger partial charge is 0.416 e. The Morgan fingerprint density at radius 1 is 1.40 bits per heavy atom. The van der Waals surface area contributed by atoms with Gasteiger partial charge in [-0.1, -0.05) is 0 Å². The Morgan fingerprint density at radius 3 is 2.50 bits per heavy atom. The molecule has 1 aliphatic carbocycles. The lowest BCUT2D eigenvalue weighted by molar-refractivity contribution is -0.158. The first kappa shape index (κ1) is 15.5. The summed E-state index contributed by atoms with van der Waals surface area (Å²) in [6.45, 7) is 0.465. The molecule has 8 heteroatoms. The van der Waals surface area contributed by atoms with Crippen LogP contribution in [0.1, 0.15) is 6.42 Å². The number of carbonyl (C=O) groups excluding carboxylic acids is 3. The van der Waals surface area contributed by atoms with Crippen molar-refractivity contribution in [3.63, 3.8) is 0 Å². The molecule has 0 aromatic carbocycles. The standard InChI is InChI=1S/C12H17NO5S2/c1-17-10(15)7-6-12(19-2,20-3)8(7)9(14)13-4-5-18-11(13)16/h7-8H,4-6H2,1-3H3/t7-,8-/m1/s1. The van der Waals surface area contributed by atoms with Crippen molar-refractivity contribution in [3.8, 4) is 0 Å². The number of nitrogens with zero attached hydrogens (tertiary/aromatic N) is 1. The molecule has 1 aliphatic heterocycles. The Morgan fingerprint density at radius 2 is 2.05 bits per heavy atom. The van der Waals surface area contributed by atoms with Crippen LogP contribution in [0.25, 0.3) is 0 Å². The summed E-state index contributed by atoms with van der Waals surface area (Å²) in [5, 5.41) is 0. The summed E-state index contributed by atoms with van der Waals surface area (Å²) in [4.78, 5) is 37.0. The first-order chi connectivity index (χ1) is 9.50. The average molecular weight is 319 g/mol. The molecule has 0 spiro atoms. The summed E-state index contributed by atoms with van der Waals surface area (Å²) < 4.78 is 9.19. The van der Waals surface area contributed by atoms with Crippen LogP contribution in [0, 0.1) is 11.8 Å². The van der Waals surface area contributed by atoms with E-state index in [-0.39, 0.29) is 23.1 Å². The average Bonchev–Trinajstić information content (AvgIpc) is 2.85. The predicted octanol–water partition coefficient (Wildman–Crippen LogP) is 1.20. The molecule has 1 saturated heterocycles. The van der Waals surface area contributed by atoms with Crippen molar-refractivity contribution >= 4 is 41.5 Å². The van der Waals surface area contributed by atoms with Crippen LogP contribution in [0.5, 0.6) is 0 Å². The van der Waals surface area contributed by atoms with Gasteiger partial charge < -0.3 is 9.47 Å². The van der Waals surface area contributed by atoms with Gasteiger partial charge in [-0.25, -0.2) is 9.69 Å². The van der Waals surface area contributed by atoms with E-state index in [1.165, 1.54) is 7.11 Å². The highest BCUT2D eigenvalue weighted by Gasteiger charge is 2.61. The number of rotatable bonds is 4. The van der Waals surface area contributed by atoms with Crippen molar-refractivity contribution in [1.29, 1.82) is 0 Å². The van der Waals surface area contributed by atoms with Crippen LogP contribution in [0.2, 0.25) is 0 Å². The van der Waals surface area contributed by atoms with Gasteiger partial charge in [0.2, 0.25) is 5.91 Å². The maximum Gasteiger partial charge on any atom is 0.416 e. The van der Waals surface area contributed by atoms with E-state index in [0.717, 1.165) is 4.90 Å². The van der Waals surface area contributed by atoms with Gasteiger partial charge in [0, 0.05) is 0 Å². The number of carbonyl (C=O) groups is 3. The van der Waals surface area contributed by atoms with E-state index in [9.17, 15) is 14.4 Å². The van der Waals surface area contributed by atoms with Crippen LogP contribution < -0.4 is 0 Å². The molecule has 1 heterocycles. The number of thioether (sulfide) groups is 2. The Balaban J connectivity index is 2.24. The highest BCUT2D eigenvalue weighted by atomic mass is 32.2. The minimum atomic E-state index is -0.623. The normalized spacial score (nSPS) is 27.8. The SMILES string of the molecule is COC(=O)[C@@H]1CC(SC)(SC)[C@H]1C(=O)N1CCOC1=O. The molecule has 0 radical (unpaired) electrons. The number of ether oxygens (including phenoxy) is 2. The number of hydrogen-bond acceptors (Lipinski definition) is 7.